The van der Waals surface area contributed by atoms with Crippen LogP contribution in [0.1, 0.15) is 11.1 Å². The summed E-state index contributed by atoms with van der Waals surface area (Å²) in [5.41, 5.74) is 2.28. The molecule has 0 saturated heterocycles. The topological polar surface area (TPSA) is 81.8 Å². The summed E-state index contributed by atoms with van der Waals surface area (Å²) >= 11 is 0. The maximum absolute atomic E-state index is 12.5. The van der Waals surface area contributed by atoms with Gasteiger partial charge in [0.05, 0.1) is 19.7 Å². The molecular formula is C21H22N2O5. The normalized spacial score (nSPS) is 12.4. The highest BCUT2D eigenvalue weighted by Crippen LogP contribution is 2.33. The van der Waals surface area contributed by atoms with Crippen LogP contribution in [0.25, 0.3) is 10.9 Å². The van der Waals surface area contributed by atoms with Crippen molar-refractivity contribution in [3.63, 3.8) is 0 Å². The van der Waals surface area contributed by atoms with Gasteiger partial charge in [-0.05, 0) is 48.9 Å². The van der Waals surface area contributed by atoms with Crippen molar-refractivity contribution in [2.75, 3.05) is 27.6 Å². The van der Waals surface area contributed by atoms with Gasteiger partial charge in [0.2, 0.25) is 6.79 Å². The molecule has 2 N–H and O–H groups in total. The predicted molar refractivity (Wildman–Crippen MR) is 106 cm³/mol. The summed E-state index contributed by atoms with van der Waals surface area (Å²) in [4.78, 5) is 15.4. The second-order valence-corrected chi connectivity index (χ2v) is 6.50. The minimum Gasteiger partial charge on any atom is -0.496 e. The fraction of sp³-hybridized carbons (Fsp3) is 0.286. The van der Waals surface area contributed by atoms with Crippen LogP contribution >= 0.6 is 0 Å². The van der Waals surface area contributed by atoms with Gasteiger partial charge in [0.1, 0.15) is 11.5 Å². The molecule has 1 aliphatic heterocycles. The lowest BCUT2D eigenvalue weighted by atomic mass is 10.1. The Kier molecular flexibility index (Phi) is 5.08. The molecule has 0 aliphatic carbocycles. The van der Waals surface area contributed by atoms with Gasteiger partial charge in [-0.1, -0.05) is 6.07 Å². The van der Waals surface area contributed by atoms with Crippen LogP contribution in [-0.2, 0) is 13.0 Å². The Bertz CT molecular complexity index is 1060. The first kappa shape index (κ1) is 18.2. The summed E-state index contributed by atoms with van der Waals surface area (Å²) < 4.78 is 21.5. The number of methoxy groups -OCH3 is 2. The van der Waals surface area contributed by atoms with E-state index in [1.165, 1.54) is 0 Å². The lowest BCUT2D eigenvalue weighted by Gasteiger charge is -2.11. The first-order chi connectivity index (χ1) is 13.7. The van der Waals surface area contributed by atoms with Gasteiger partial charge in [-0.3, -0.25) is 4.79 Å². The number of hydrogen-bond acceptors (Lipinski definition) is 6. The number of pyridine rings is 1. The molecule has 3 aromatic rings. The lowest BCUT2D eigenvalue weighted by Crippen LogP contribution is -2.23. The minimum absolute atomic E-state index is 0.144. The molecule has 7 heteroatoms. The Morgan fingerprint density at radius 3 is 2.64 bits per heavy atom. The summed E-state index contributed by atoms with van der Waals surface area (Å²) in [6, 6.07) is 11.4. The zero-order valence-corrected chi connectivity index (χ0v) is 15.8. The van der Waals surface area contributed by atoms with Crippen LogP contribution in [0.3, 0.4) is 0 Å². The Hall–Kier alpha value is -3.19. The minimum atomic E-state index is -0.144. The van der Waals surface area contributed by atoms with Gasteiger partial charge in [0.25, 0.3) is 5.56 Å². The number of fused-ring (bicyclic) bond motifs is 2. The van der Waals surface area contributed by atoms with Gasteiger partial charge < -0.3 is 29.2 Å². The first-order valence-corrected chi connectivity index (χ1v) is 9.05. The number of aromatic nitrogens is 1. The van der Waals surface area contributed by atoms with Gasteiger partial charge in [-0.25, -0.2) is 0 Å². The van der Waals surface area contributed by atoms with Gasteiger partial charge in [0, 0.05) is 17.5 Å². The number of benzene rings is 2. The van der Waals surface area contributed by atoms with Crippen LogP contribution in [-0.4, -0.2) is 32.5 Å². The molecule has 0 saturated carbocycles. The van der Waals surface area contributed by atoms with Crippen LogP contribution in [0.5, 0.6) is 23.0 Å². The van der Waals surface area contributed by atoms with Crippen molar-refractivity contribution in [1.82, 2.24) is 10.3 Å². The molecule has 7 nitrogen and oxygen atoms in total. The van der Waals surface area contributed by atoms with Crippen LogP contribution in [0, 0.1) is 0 Å². The third kappa shape index (κ3) is 3.48. The molecule has 0 spiro atoms. The SMILES string of the molecule is COc1ccc(OC)c2[nH]c(=O)c(CNCCc3ccc4c(c3)OCO4)cc12. The summed E-state index contributed by atoms with van der Waals surface area (Å²) in [5.74, 6) is 2.86. The molecule has 2 heterocycles. The van der Waals surface area contributed by atoms with Crippen LogP contribution in [0.4, 0.5) is 0 Å². The molecule has 2 aromatic carbocycles. The molecule has 0 unspecified atom stereocenters. The van der Waals surface area contributed by atoms with Crippen LogP contribution in [0.15, 0.2) is 41.2 Å². The van der Waals surface area contributed by atoms with E-state index in [0.29, 0.717) is 29.1 Å². The molecule has 0 radical (unpaired) electrons. The third-order valence-corrected chi connectivity index (χ3v) is 4.80. The monoisotopic (exact) mass is 382 g/mol. The first-order valence-electron chi connectivity index (χ1n) is 9.05. The molecule has 0 atom stereocenters. The van der Waals surface area contributed by atoms with Crippen molar-refractivity contribution in [3.8, 4) is 23.0 Å². The highest BCUT2D eigenvalue weighted by Gasteiger charge is 2.13. The summed E-state index contributed by atoms with van der Waals surface area (Å²) in [5, 5.41) is 4.14. The molecule has 4 rings (SSSR count). The van der Waals surface area contributed by atoms with Crippen LogP contribution < -0.4 is 29.8 Å². The zero-order valence-electron chi connectivity index (χ0n) is 15.8. The molecular weight excluding hydrogens is 360 g/mol. The number of nitrogens with one attached hydrogen (secondary N) is 2. The van der Waals surface area contributed by atoms with E-state index in [2.05, 4.69) is 10.3 Å². The molecule has 28 heavy (non-hydrogen) atoms. The second kappa shape index (κ2) is 7.82. The number of ether oxygens (including phenoxy) is 4. The van der Waals surface area contributed by atoms with Gasteiger partial charge >= 0.3 is 0 Å². The third-order valence-electron chi connectivity index (χ3n) is 4.80. The van der Waals surface area contributed by atoms with Crippen molar-refractivity contribution in [2.24, 2.45) is 0 Å². The fourth-order valence-electron chi connectivity index (χ4n) is 3.32. The maximum atomic E-state index is 12.5. The Morgan fingerprint density at radius 2 is 1.82 bits per heavy atom. The van der Waals surface area contributed by atoms with Gasteiger partial charge in [-0.2, -0.15) is 0 Å². The van der Waals surface area contributed by atoms with E-state index in [-0.39, 0.29) is 12.4 Å². The Labute approximate surface area is 162 Å². The number of aromatic amines is 1. The van der Waals surface area contributed by atoms with E-state index >= 15 is 0 Å². The fourth-order valence-corrected chi connectivity index (χ4v) is 3.32. The van der Waals surface area contributed by atoms with Gasteiger partial charge in [-0.15, -0.1) is 0 Å². The number of hydrogen-bond donors (Lipinski definition) is 2. The summed E-state index contributed by atoms with van der Waals surface area (Å²) in [7, 11) is 3.18. The maximum Gasteiger partial charge on any atom is 0.253 e. The van der Waals surface area contributed by atoms with Crippen molar-refractivity contribution < 1.29 is 18.9 Å². The molecule has 146 valence electrons. The van der Waals surface area contributed by atoms with Crippen LogP contribution in [0.2, 0.25) is 0 Å². The highest BCUT2D eigenvalue weighted by molar-refractivity contribution is 5.90. The predicted octanol–water partition coefficient (Wildman–Crippen LogP) is 2.61. The van der Waals surface area contributed by atoms with E-state index in [1.54, 1.807) is 20.3 Å². The van der Waals surface area contributed by atoms with Crippen molar-refractivity contribution in [3.05, 3.63) is 57.9 Å². The second-order valence-electron chi connectivity index (χ2n) is 6.50. The standard InChI is InChI=1S/C21H22N2O5/c1-25-16-5-6-18(26-2)20-15(16)10-14(21(24)23-20)11-22-8-7-13-3-4-17-19(9-13)28-12-27-17/h3-6,9-10,22H,7-8,11-12H2,1-2H3,(H,23,24). The molecule has 0 amide bonds. The van der Waals surface area contributed by atoms with Crippen molar-refractivity contribution in [2.45, 2.75) is 13.0 Å². The highest BCUT2D eigenvalue weighted by atomic mass is 16.7. The molecule has 0 fully saturated rings. The van der Waals surface area contributed by atoms with Gasteiger partial charge in [0.15, 0.2) is 11.5 Å². The lowest BCUT2D eigenvalue weighted by molar-refractivity contribution is 0.174. The van der Waals surface area contributed by atoms with E-state index < -0.39 is 0 Å². The molecule has 1 aromatic heterocycles. The molecule has 1 aliphatic rings. The molecule has 0 bridgehead atoms. The average molecular weight is 382 g/mol. The number of H-pyrrole nitrogens is 1. The zero-order chi connectivity index (χ0) is 19.5. The summed E-state index contributed by atoms with van der Waals surface area (Å²) in [6.07, 6.45) is 0.819. The Balaban J connectivity index is 1.46. The average Bonchev–Trinajstić information content (AvgIpc) is 3.18. The van der Waals surface area contributed by atoms with E-state index in [1.807, 2.05) is 30.3 Å². The Morgan fingerprint density at radius 1 is 1.04 bits per heavy atom. The quantitative estimate of drug-likeness (QED) is 0.612. The van der Waals surface area contributed by atoms with E-state index in [0.717, 1.165) is 35.4 Å². The number of rotatable bonds is 7. The van der Waals surface area contributed by atoms with Crippen molar-refractivity contribution in [1.29, 1.82) is 0 Å². The van der Waals surface area contributed by atoms with Crippen molar-refractivity contribution >= 4 is 10.9 Å². The largest absolute Gasteiger partial charge is 0.496 e. The summed E-state index contributed by atoms with van der Waals surface area (Å²) in [6.45, 7) is 1.46. The van der Waals surface area contributed by atoms with E-state index in [4.69, 9.17) is 18.9 Å². The smallest absolute Gasteiger partial charge is 0.253 e. The van der Waals surface area contributed by atoms with E-state index in [9.17, 15) is 4.79 Å².